The summed E-state index contributed by atoms with van der Waals surface area (Å²) in [5, 5.41) is 14.4. The van der Waals surface area contributed by atoms with Crippen molar-refractivity contribution in [2.75, 3.05) is 37.9 Å². The van der Waals surface area contributed by atoms with Gasteiger partial charge in [-0.05, 0) is 69.6 Å². The predicted octanol–water partition coefficient (Wildman–Crippen LogP) is 4.78. The number of rotatable bonds is 4. The van der Waals surface area contributed by atoms with E-state index in [0.29, 0.717) is 26.2 Å². The minimum absolute atomic E-state index is 0.00218. The van der Waals surface area contributed by atoms with Crippen LogP contribution in [0.3, 0.4) is 0 Å². The van der Waals surface area contributed by atoms with Crippen LogP contribution in [0.15, 0.2) is 12.1 Å². The van der Waals surface area contributed by atoms with Crippen molar-refractivity contribution in [3.63, 3.8) is 0 Å². The molecule has 3 unspecified atom stereocenters. The van der Waals surface area contributed by atoms with Crippen LogP contribution in [-0.4, -0.2) is 58.2 Å². The van der Waals surface area contributed by atoms with E-state index < -0.39 is 0 Å². The van der Waals surface area contributed by atoms with Gasteiger partial charge in [0.1, 0.15) is 17.0 Å². The Morgan fingerprint density at radius 1 is 1.14 bits per heavy atom. The van der Waals surface area contributed by atoms with E-state index in [-0.39, 0.29) is 24.3 Å². The molecule has 190 valence electrons. The molecule has 3 aliphatic rings. The van der Waals surface area contributed by atoms with Crippen molar-refractivity contribution in [3.8, 4) is 17.5 Å². The lowest BCUT2D eigenvalue weighted by Crippen LogP contribution is -2.44. The number of hydrogen-bond acceptors (Lipinski definition) is 9. The van der Waals surface area contributed by atoms with E-state index in [0.717, 1.165) is 77.5 Å². The highest BCUT2D eigenvalue weighted by atomic mass is 32.1. The number of nitriles is 1. The lowest BCUT2D eigenvalue weighted by atomic mass is 9.93. The second kappa shape index (κ2) is 10.1. The lowest BCUT2D eigenvalue weighted by Gasteiger charge is -2.35. The van der Waals surface area contributed by atoms with Crippen LogP contribution in [0.5, 0.6) is 0 Å². The van der Waals surface area contributed by atoms with Gasteiger partial charge in [0, 0.05) is 25.3 Å². The molecular formula is C26H32N6O3S. The van der Waals surface area contributed by atoms with Gasteiger partial charge in [0.05, 0.1) is 53.4 Å². The summed E-state index contributed by atoms with van der Waals surface area (Å²) in [6.07, 6.45) is 4.39. The van der Waals surface area contributed by atoms with Crippen LogP contribution in [0.2, 0.25) is 0 Å². The molecule has 0 spiro atoms. The Labute approximate surface area is 215 Å². The van der Waals surface area contributed by atoms with Crippen LogP contribution in [-0.2, 0) is 14.2 Å². The first kappa shape index (κ1) is 23.8. The second-order valence-corrected chi connectivity index (χ2v) is 10.8. The topological polar surface area (TPSA) is 98.3 Å². The summed E-state index contributed by atoms with van der Waals surface area (Å²) >= 11 is 1.46. The Morgan fingerprint density at radius 2 is 2.06 bits per heavy atom. The van der Waals surface area contributed by atoms with E-state index in [1.54, 1.807) is 0 Å². The average molecular weight is 509 g/mol. The van der Waals surface area contributed by atoms with Crippen molar-refractivity contribution in [2.45, 2.75) is 64.3 Å². The van der Waals surface area contributed by atoms with Gasteiger partial charge in [-0.25, -0.2) is 9.67 Å². The van der Waals surface area contributed by atoms with Gasteiger partial charge in [-0.2, -0.15) is 14.7 Å². The first-order valence-corrected chi connectivity index (χ1v) is 13.7. The number of aromatic nitrogens is 4. The smallest absolute Gasteiger partial charge is 0.150 e. The molecular weight excluding hydrogens is 476 g/mol. The SMILES string of the molecule is Cc1cc(-c2nsc3c(C4CC(C#N)CCO4)cc(N4CCOC[C@H]4C)nc23)n(C2CCCCO2)n1. The summed E-state index contributed by atoms with van der Waals surface area (Å²) in [4.78, 5) is 7.50. The highest BCUT2D eigenvalue weighted by Gasteiger charge is 2.31. The molecule has 0 N–H and O–H groups in total. The molecule has 0 bridgehead atoms. The van der Waals surface area contributed by atoms with Crippen LogP contribution in [0, 0.1) is 24.2 Å². The monoisotopic (exact) mass is 508 g/mol. The molecule has 10 heteroatoms. The molecule has 6 rings (SSSR count). The minimum Gasteiger partial charge on any atom is -0.377 e. The molecule has 0 amide bonds. The van der Waals surface area contributed by atoms with Gasteiger partial charge in [0.15, 0.2) is 6.23 Å². The highest BCUT2D eigenvalue weighted by molar-refractivity contribution is 7.13. The van der Waals surface area contributed by atoms with Gasteiger partial charge in [-0.3, -0.25) is 0 Å². The summed E-state index contributed by atoms with van der Waals surface area (Å²) < 4.78 is 26.0. The first-order chi connectivity index (χ1) is 17.6. The van der Waals surface area contributed by atoms with E-state index >= 15 is 0 Å². The Morgan fingerprint density at radius 3 is 2.86 bits per heavy atom. The second-order valence-electron chi connectivity index (χ2n) is 10.0. The Balaban J connectivity index is 1.49. The van der Waals surface area contributed by atoms with Crippen molar-refractivity contribution in [2.24, 2.45) is 5.92 Å². The van der Waals surface area contributed by atoms with E-state index in [1.165, 1.54) is 11.5 Å². The van der Waals surface area contributed by atoms with E-state index in [1.807, 2.05) is 11.6 Å². The Hall–Kier alpha value is -2.58. The average Bonchev–Trinajstić information content (AvgIpc) is 3.52. The zero-order valence-electron chi connectivity index (χ0n) is 20.9. The quantitative estimate of drug-likeness (QED) is 0.497. The largest absolute Gasteiger partial charge is 0.377 e. The molecule has 3 aliphatic heterocycles. The van der Waals surface area contributed by atoms with Gasteiger partial charge < -0.3 is 19.1 Å². The number of fused-ring (bicyclic) bond motifs is 1. The van der Waals surface area contributed by atoms with Crippen LogP contribution < -0.4 is 4.90 Å². The molecule has 9 nitrogen and oxygen atoms in total. The summed E-state index contributed by atoms with van der Waals surface area (Å²) in [6, 6.07) is 6.91. The van der Waals surface area contributed by atoms with Crippen LogP contribution in [0.1, 0.15) is 62.6 Å². The zero-order valence-corrected chi connectivity index (χ0v) is 21.7. The Bertz CT molecular complexity index is 1280. The molecule has 6 heterocycles. The minimum atomic E-state index is -0.148. The van der Waals surface area contributed by atoms with Gasteiger partial charge in [0.2, 0.25) is 0 Å². The summed E-state index contributed by atoms with van der Waals surface area (Å²) in [6.45, 7) is 7.65. The van der Waals surface area contributed by atoms with Gasteiger partial charge in [-0.15, -0.1) is 0 Å². The first-order valence-electron chi connectivity index (χ1n) is 13.0. The number of nitrogens with zero attached hydrogens (tertiary/aromatic N) is 6. The number of anilines is 1. The standard InChI is InChI=1S/C26H32N6O3S/c1-16-11-20(32(29-16)23-5-3-4-8-35-23)24-25-26(36-30-24)19(21-12-18(14-27)6-9-34-21)13-22(28-25)31-7-10-33-15-17(31)2/h11,13,17-18,21,23H,3-10,12,15H2,1-2H3/t17-,18?,21?,23?/m1/s1. The van der Waals surface area contributed by atoms with E-state index in [4.69, 9.17) is 28.7 Å². The molecule has 0 aliphatic carbocycles. The van der Waals surface area contributed by atoms with Gasteiger partial charge in [0.25, 0.3) is 0 Å². The van der Waals surface area contributed by atoms with E-state index in [2.05, 4.69) is 30.0 Å². The maximum absolute atomic E-state index is 9.60. The highest BCUT2D eigenvalue weighted by Crippen LogP contribution is 2.42. The summed E-state index contributed by atoms with van der Waals surface area (Å²) in [7, 11) is 0. The summed E-state index contributed by atoms with van der Waals surface area (Å²) in [5.41, 5.74) is 4.66. The summed E-state index contributed by atoms with van der Waals surface area (Å²) in [5.74, 6) is 0.909. The fourth-order valence-electron chi connectivity index (χ4n) is 5.51. The molecule has 0 radical (unpaired) electrons. The molecule has 4 atom stereocenters. The van der Waals surface area contributed by atoms with Crippen LogP contribution in [0.4, 0.5) is 5.82 Å². The lowest BCUT2D eigenvalue weighted by molar-refractivity contribution is -0.0385. The van der Waals surface area contributed by atoms with Crippen molar-refractivity contribution in [1.29, 1.82) is 5.26 Å². The van der Waals surface area contributed by atoms with Crippen LogP contribution in [0.25, 0.3) is 21.6 Å². The number of ether oxygens (including phenoxy) is 3. The van der Waals surface area contributed by atoms with Crippen molar-refractivity contribution >= 4 is 27.6 Å². The molecule has 36 heavy (non-hydrogen) atoms. The normalized spacial score (nSPS) is 27.3. The fraction of sp³-hybridized carbons (Fsp3) is 0.615. The molecule has 3 aromatic heterocycles. The van der Waals surface area contributed by atoms with Gasteiger partial charge >= 0.3 is 0 Å². The molecule has 3 fully saturated rings. The number of hydrogen-bond donors (Lipinski definition) is 0. The zero-order chi connectivity index (χ0) is 24.6. The molecule has 3 saturated heterocycles. The fourth-order valence-corrected chi connectivity index (χ4v) is 6.40. The van der Waals surface area contributed by atoms with Crippen LogP contribution >= 0.6 is 11.5 Å². The number of aryl methyl sites for hydroxylation is 1. The van der Waals surface area contributed by atoms with Crippen molar-refractivity contribution in [3.05, 3.63) is 23.4 Å². The Kier molecular flexibility index (Phi) is 6.65. The third-order valence-corrected chi connectivity index (χ3v) is 8.33. The van der Waals surface area contributed by atoms with Gasteiger partial charge in [-0.1, -0.05) is 0 Å². The third kappa shape index (κ3) is 4.39. The third-order valence-electron chi connectivity index (χ3n) is 7.44. The molecule has 0 aromatic carbocycles. The number of pyridine rings is 1. The molecule has 0 saturated carbocycles. The maximum Gasteiger partial charge on any atom is 0.150 e. The predicted molar refractivity (Wildman–Crippen MR) is 137 cm³/mol. The molecule has 3 aromatic rings. The van der Waals surface area contributed by atoms with Crippen molar-refractivity contribution in [1.82, 2.24) is 19.1 Å². The number of morpholine rings is 1. The maximum atomic E-state index is 9.60. The van der Waals surface area contributed by atoms with Crippen molar-refractivity contribution < 1.29 is 14.2 Å². The van der Waals surface area contributed by atoms with E-state index in [9.17, 15) is 5.26 Å².